The van der Waals surface area contributed by atoms with Crippen LogP contribution in [-0.2, 0) is 19.6 Å². The topological polar surface area (TPSA) is 138 Å². The second-order valence-corrected chi connectivity index (χ2v) is 11.4. The number of rotatable bonds is 8. The Hall–Kier alpha value is -3.70. The zero-order valence-corrected chi connectivity index (χ0v) is 22.1. The van der Waals surface area contributed by atoms with Crippen LogP contribution in [0.25, 0.3) is 10.9 Å². The predicted molar refractivity (Wildman–Crippen MR) is 142 cm³/mol. The van der Waals surface area contributed by atoms with Crippen molar-refractivity contribution < 1.29 is 22.8 Å². The first kappa shape index (κ1) is 27.3. The first-order chi connectivity index (χ1) is 18.2. The molecule has 2 amide bonds. The maximum atomic E-state index is 14.1. The van der Waals surface area contributed by atoms with Crippen molar-refractivity contribution >= 4 is 38.5 Å². The summed E-state index contributed by atoms with van der Waals surface area (Å²) in [6, 6.07) is 10.9. The minimum atomic E-state index is -4.50. The largest absolute Gasteiger partial charge is 0.340 e. The van der Waals surface area contributed by atoms with Gasteiger partial charge in [-0.2, -0.15) is 8.42 Å². The molecule has 3 heterocycles. The summed E-state index contributed by atoms with van der Waals surface area (Å²) in [5.41, 5.74) is 0.950. The highest BCUT2D eigenvalue weighted by atomic mass is 32.2. The number of pyridine rings is 2. The molecule has 1 unspecified atom stereocenters. The lowest BCUT2D eigenvalue weighted by molar-refractivity contribution is -0.135. The van der Waals surface area contributed by atoms with E-state index in [1.165, 1.54) is 24.5 Å². The van der Waals surface area contributed by atoms with Gasteiger partial charge < -0.3 is 10.6 Å². The van der Waals surface area contributed by atoms with Crippen LogP contribution in [0, 0.1) is 5.92 Å². The number of nitrogens with zero attached hydrogens (tertiary/aromatic N) is 3. The average Bonchev–Trinajstić information content (AvgIpc) is 3.12. The number of carbonyl (C=O) groups is 3. The quantitative estimate of drug-likeness (QED) is 0.446. The third-order valence-electron chi connectivity index (χ3n) is 6.33. The van der Waals surface area contributed by atoms with Crippen molar-refractivity contribution in [1.29, 1.82) is 0 Å². The molecule has 1 aliphatic rings. The minimum Gasteiger partial charge on any atom is -0.340 e. The molecular weight excluding hydrogens is 506 g/mol. The Morgan fingerprint density at radius 3 is 2.63 bits per heavy atom. The van der Waals surface area contributed by atoms with Crippen molar-refractivity contribution in [2.24, 2.45) is 5.92 Å². The van der Waals surface area contributed by atoms with Gasteiger partial charge in [0.15, 0.2) is 10.8 Å². The van der Waals surface area contributed by atoms with Crippen LogP contribution < -0.4 is 10.6 Å². The van der Waals surface area contributed by atoms with Crippen LogP contribution in [0.15, 0.2) is 66.0 Å². The molecule has 10 nitrogen and oxygen atoms in total. The van der Waals surface area contributed by atoms with E-state index in [2.05, 4.69) is 20.6 Å². The zero-order chi connectivity index (χ0) is 27.3. The molecule has 2 N–H and O–H groups in total. The van der Waals surface area contributed by atoms with E-state index >= 15 is 0 Å². The lowest BCUT2D eigenvalue weighted by Gasteiger charge is -2.32. The number of amides is 2. The maximum absolute atomic E-state index is 14.1. The fraction of sp³-hybridized carbons (Fsp3) is 0.370. The summed E-state index contributed by atoms with van der Waals surface area (Å²) in [5.74, 6) is -1.91. The number of ketones is 1. The molecule has 0 radical (unpaired) electrons. The standard InChI is InChI=1S/C27H31N5O5S/c1-18(2)14-22(31-26(34)20-15-19-8-3-4-9-21(19)30-16-20)27(35)32(23-10-7-12-28-17-24(23)33)38(36,37)25-11-5-6-13-29-25/h3-6,8-9,11,13,15-16,18,22-23,28H,7,10,12,14,17H2,1-2H3,(H,31,34)/t22-,23?/m0/s1. The number of hydrogen-bond donors (Lipinski definition) is 2. The maximum Gasteiger partial charge on any atom is 0.284 e. The predicted octanol–water partition coefficient (Wildman–Crippen LogP) is 2.31. The summed E-state index contributed by atoms with van der Waals surface area (Å²) in [6.07, 6.45) is 3.56. The molecule has 1 aliphatic heterocycles. The van der Waals surface area contributed by atoms with Gasteiger partial charge in [-0.15, -0.1) is 0 Å². The van der Waals surface area contributed by atoms with Crippen LogP contribution in [0.2, 0.25) is 0 Å². The summed E-state index contributed by atoms with van der Waals surface area (Å²) < 4.78 is 28.2. The monoisotopic (exact) mass is 537 g/mol. The Kier molecular flexibility index (Phi) is 8.48. The first-order valence-electron chi connectivity index (χ1n) is 12.6. The van der Waals surface area contributed by atoms with Crippen LogP contribution in [0.4, 0.5) is 0 Å². The number of para-hydroxylation sites is 1. The number of nitrogens with one attached hydrogen (secondary N) is 2. The fourth-order valence-electron chi connectivity index (χ4n) is 4.48. The smallest absolute Gasteiger partial charge is 0.284 e. The molecule has 1 saturated heterocycles. The number of carbonyl (C=O) groups excluding carboxylic acids is 3. The van der Waals surface area contributed by atoms with E-state index in [0.717, 1.165) is 5.39 Å². The lowest BCUT2D eigenvalue weighted by atomic mass is 10.0. The number of sulfonamides is 1. The lowest BCUT2D eigenvalue weighted by Crippen LogP contribution is -2.56. The highest BCUT2D eigenvalue weighted by Gasteiger charge is 2.43. The number of Topliss-reactive ketones (excluding diaryl/α,β-unsaturated/α-hetero) is 1. The molecule has 0 saturated carbocycles. The van der Waals surface area contributed by atoms with Gasteiger partial charge in [0.05, 0.1) is 17.6 Å². The highest BCUT2D eigenvalue weighted by Crippen LogP contribution is 2.24. The SMILES string of the molecule is CC(C)C[C@H](NC(=O)c1cnc2ccccc2c1)C(=O)N(C1CCCNCC1=O)S(=O)(=O)c1ccccn1. The van der Waals surface area contributed by atoms with Crippen LogP contribution in [0.5, 0.6) is 0 Å². The van der Waals surface area contributed by atoms with E-state index in [0.29, 0.717) is 22.8 Å². The van der Waals surface area contributed by atoms with E-state index in [1.54, 1.807) is 12.1 Å². The van der Waals surface area contributed by atoms with Crippen LogP contribution >= 0.6 is 0 Å². The molecule has 1 fully saturated rings. The summed E-state index contributed by atoms with van der Waals surface area (Å²) in [7, 11) is -4.50. The van der Waals surface area contributed by atoms with E-state index in [4.69, 9.17) is 0 Å². The van der Waals surface area contributed by atoms with Gasteiger partial charge in [0.1, 0.15) is 12.1 Å². The molecule has 200 valence electrons. The molecule has 38 heavy (non-hydrogen) atoms. The first-order valence-corrected chi connectivity index (χ1v) is 14.0. The molecule has 3 aromatic rings. The number of aromatic nitrogens is 2. The molecule has 2 aromatic heterocycles. The fourth-order valence-corrected chi connectivity index (χ4v) is 6.05. The summed E-state index contributed by atoms with van der Waals surface area (Å²) in [5, 5.41) is 6.10. The molecule has 0 spiro atoms. The summed E-state index contributed by atoms with van der Waals surface area (Å²) in [6.45, 7) is 4.19. The van der Waals surface area contributed by atoms with Crippen molar-refractivity contribution in [2.75, 3.05) is 13.1 Å². The third-order valence-corrected chi connectivity index (χ3v) is 8.05. The van der Waals surface area contributed by atoms with E-state index < -0.39 is 39.7 Å². The van der Waals surface area contributed by atoms with Gasteiger partial charge in [-0.3, -0.25) is 19.4 Å². The van der Waals surface area contributed by atoms with Crippen LogP contribution in [0.3, 0.4) is 0 Å². The average molecular weight is 538 g/mol. The van der Waals surface area contributed by atoms with Gasteiger partial charge >= 0.3 is 0 Å². The normalized spacial score (nSPS) is 17.1. The van der Waals surface area contributed by atoms with Gasteiger partial charge in [-0.05, 0) is 56.0 Å². The minimum absolute atomic E-state index is 0.0594. The second kappa shape index (κ2) is 11.8. The van der Waals surface area contributed by atoms with E-state index in [1.807, 2.05) is 38.1 Å². The van der Waals surface area contributed by atoms with Crippen molar-refractivity contribution in [1.82, 2.24) is 24.9 Å². The molecule has 0 aliphatic carbocycles. The van der Waals surface area contributed by atoms with Gasteiger partial charge in [0.2, 0.25) is 0 Å². The highest BCUT2D eigenvalue weighted by molar-refractivity contribution is 7.89. The third kappa shape index (κ3) is 6.05. The van der Waals surface area contributed by atoms with E-state index in [-0.39, 0.29) is 35.9 Å². The summed E-state index contributed by atoms with van der Waals surface area (Å²) >= 11 is 0. The van der Waals surface area contributed by atoms with Crippen molar-refractivity contribution in [3.05, 3.63) is 66.5 Å². The summed E-state index contributed by atoms with van der Waals surface area (Å²) in [4.78, 5) is 48.6. The Labute approximate surface area is 221 Å². The molecule has 1 aromatic carbocycles. The van der Waals surface area contributed by atoms with Crippen molar-refractivity contribution in [3.8, 4) is 0 Å². The number of benzene rings is 1. The molecule has 2 atom stereocenters. The Bertz CT molecular complexity index is 1430. The molecule has 4 rings (SSSR count). The zero-order valence-electron chi connectivity index (χ0n) is 21.3. The Morgan fingerprint density at radius 1 is 1.13 bits per heavy atom. The Morgan fingerprint density at radius 2 is 1.89 bits per heavy atom. The van der Waals surface area contributed by atoms with Crippen LogP contribution in [-0.4, -0.2) is 65.5 Å². The van der Waals surface area contributed by atoms with Crippen molar-refractivity contribution in [3.63, 3.8) is 0 Å². The second-order valence-electron chi connectivity index (χ2n) is 9.68. The van der Waals surface area contributed by atoms with Crippen molar-refractivity contribution in [2.45, 2.75) is 50.2 Å². The Balaban J connectivity index is 1.71. The van der Waals surface area contributed by atoms with Gasteiger partial charge in [0, 0.05) is 17.8 Å². The van der Waals surface area contributed by atoms with Gasteiger partial charge in [-0.1, -0.05) is 38.1 Å². The van der Waals surface area contributed by atoms with Gasteiger partial charge in [0.25, 0.3) is 21.8 Å². The van der Waals surface area contributed by atoms with Crippen LogP contribution in [0.1, 0.15) is 43.5 Å². The molecular formula is C27H31N5O5S. The molecule has 0 bridgehead atoms. The van der Waals surface area contributed by atoms with Gasteiger partial charge in [-0.25, -0.2) is 9.29 Å². The van der Waals surface area contributed by atoms with E-state index in [9.17, 15) is 22.8 Å². The number of fused-ring (bicyclic) bond motifs is 1. The number of hydrogen-bond acceptors (Lipinski definition) is 8. The molecule has 11 heteroatoms.